The highest BCUT2D eigenvalue weighted by molar-refractivity contribution is 9.10. The molecule has 0 amide bonds. The molecule has 0 unspecified atom stereocenters. The summed E-state index contributed by atoms with van der Waals surface area (Å²) in [6.07, 6.45) is 0. The van der Waals surface area contributed by atoms with E-state index in [-0.39, 0.29) is 9.79 Å². The van der Waals surface area contributed by atoms with E-state index in [9.17, 15) is 8.42 Å². The maximum atomic E-state index is 12.4. The van der Waals surface area contributed by atoms with Gasteiger partial charge in [-0.3, -0.25) is 0 Å². The Kier molecular flexibility index (Phi) is 2.76. The molecule has 0 fully saturated rings. The molecule has 0 aliphatic carbocycles. The van der Waals surface area contributed by atoms with E-state index in [1.54, 1.807) is 36.4 Å². The molecule has 3 rings (SSSR count). The summed E-state index contributed by atoms with van der Waals surface area (Å²) < 4.78 is 32.0. The minimum Gasteiger partial charge on any atom is -0.455 e. The standard InChI is InChI=1S/C12H6Br2O3S/c13-7-1-3-11-9(5-7)17-10-6-8(14)2-4-12(10)18(11,15)16/h1-6H. The van der Waals surface area contributed by atoms with Gasteiger partial charge in [0.2, 0.25) is 9.84 Å². The van der Waals surface area contributed by atoms with Gasteiger partial charge in [-0.25, -0.2) is 8.42 Å². The van der Waals surface area contributed by atoms with E-state index in [0.717, 1.165) is 8.95 Å². The van der Waals surface area contributed by atoms with E-state index < -0.39 is 9.84 Å². The van der Waals surface area contributed by atoms with Crippen LogP contribution in [0.1, 0.15) is 0 Å². The van der Waals surface area contributed by atoms with Gasteiger partial charge in [0.05, 0.1) is 0 Å². The van der Waals surface area contributed by atoms with Gasteiger partial charge < -0.3 is 4.74 Å². The van der Waals surface area contributed by atoms with Crippen LogP contribution >= 0.6 is 31.9 Å². The molecule has 0 N–H and O–H groups in total. The second kappa shape index (κ2) is 4.08. The lowest BCUT2D eigenvalue weighted by molar-refractivity contribution is 0.442. The minimum atomic E-state index is -3.50. The van der Waals surface area contributed by atoms with E-state index in [1.807, 2.05) is 0 Å². The lowest BCUT2D eigenvalue weighted by atomic mass is 10.3. The van der Waals surface area contributed by atoms with Crippen LogP contribution in [0.15, 0.2) is 55.1 Å². The molecule has 0 bridgehead atoms. The Labute approximate surface area is 121 Å². The number of rotatable bonds is 0. The predicted molar refractivity (Wildman–Crippen MR) is 73.8 cm³/mol. The molecular weight excluding hydrogens is 384 g/mol. The van der Waals surface area contributed by atoms with Gasteiger partial charge in [0.1, 0.15) is 21.3 Å². The molecule has 3 nitrogen and oxygen atoms in total. The molecule has 1 aliphatic rings. The number of sulfone groups is 1. The van der Waals surface area contributed by atoms with Crippen LogP contribution in [0.5, 0.6) is 11.5 Å². The maximum Gasteiger partial charge on any atom is 0.213 e. The predicted octanol–water partition coefficient (Wildman–Crippen LogP) is 4.15. The van der Waals surface area contributed by atoms with E-state index in [1.165, 1.54) is 0 Å². The third-order valence-electron chi connectivity index (χ3n) is 2.61. The average Bonchev–Trinajstić information content (AvgIpc) is 2.27. The van der Waals surface area contributed by atoms with Crippen molar-refractivity contribution in [3.05, 3.63) is 45.3 Å². The Balaban J connectivity index is 2.33. The van der Waals surface area contributed by atoms with Crippen molar-refractivity contribution < 1.29 is 13.2 Å². The molecule has 1 aliphatic heterocycles. The van der Waals surface area contributed by atoms with Crippen LogP contribution in [0.3, 0.4) is 0 Å². The zero-order valence-electron chi connectivity index (χ0n) is 8.85. The fourth-order valence-electron chi connectivity index (χ4n) is 1.80. The van der Waals surface area contributed by atoms with Crippen molar-refractivity contribution >= 4 is 41.7 Å². The van der Waals surface area contributed by atoms with Crippen LogP contribution < -0.4 is 4.74 Å². The molecule has 0 atom stereocenters. The van der Waals surface area contributed by atoms with Crippen LogP contribution in [-0.2, 0) is 9.84 Å². The third kappa shape index (κ3) is 1.79. The van der Waals surface area contributed by atoms with Gasteiger partial charge in [-0.05, 0) is 36.4 Å². The SMILES string of the molecule is O=S1(=O)c2ccc(Br)cc2Oc2cc(Br)ccc21. The van der Waals surface area contributed by atoms with Gasteiger partial charge in [0, 0.05) is 8.95 Å². The van der Waals surface area contributed by atoms with E-state index in [4.69, 9.17) is 4.74 Å². The van der Waals surface area contributed by atoms with E-state index >= 15 is 0 Å². The Morgan fingerprint density at radius 2 is 1.28 bits per heavy atom. The third-order valence-corrected chi connectivity index (χ3v) is 5.43. The molecule has 0 saturated carbocycles. The van der Waals surface area contributed by atoms with Crippen LogP contribution in [0.2, 0.25) is 0 Å². The number of halogens is 2. The van der Waals surface area contributed by atoms with Crippen molar-refractivity contribution in [2.45, 2.75) is 9.79 Å². The van der Waals surface area contributed by atoms with Crippen LogP contribution in [0, 0.1) is 0 Å². The molecule has 0 saturated heterocycles. The number of hydrogen-bond donors (Lipinski definition) is 0. The summed E-state index contributed by atoms with van der Waals surface area (Å²) in [6, 6.07) is 9.75. The second-order valence-electron chi connectivity index (χ2n) is 3.79. The first kappa shape index (κ1) is 12.2. The Bertz CT molecular complexity index is 696. The van der Waals surface area contributed by atoms with Gasteiger partial charge in [-0.1, -0.05) is 31.9 Å². The summed E-state index contributed by atoms with van der Waals surface area (Å²) in [6.45, 7) is 0. The molecule has 1 heterocycles. The molecule has 0 spiro atoms. The summed E-state index contributed by atoms with van der Waals surface area (Å²) in [5.41, 5.74) is 0. The fraction of sp³-hybridized carbons (Fsp3) is 0. The van der Waals surface area contributed by atoms with Crippen molar-refractivity contribution in [3.63, 3.8) is 0 Å². The summed E-state index contributed by atoms with van der Waals surface area (Å²) in [4.78, 5) is 0.390. The monoisotopic (exact) mass is 388 g/mol. The Morgan fingerprint density at radius 1 is 0.833 bits per heavy atom. The highest BCUT2D eigenvalue weighted by atomic mass is 79.9. The molecule has 2 aromatic carbocycles. The molecule has 92 valence electrons. The van der Waals surface area contributed by atoms with Crippen molar-refractivity contribution in [1.82, 2.24) is 0 Å². The van der Waals surface area contributed by atoms with E-state index in [2.05, 4.69) is 31.9 Å². The summed E-state index contributed by atoms with van der Waals surface area (Å²) in [7, 11) is -3.50. The summed E-state index contributed by atoms with van der Waals surface area (Å²) in [5, 5.41) is 0. The average molecular weight is 390 g/mol. The number of fused-ring (bicyclic) bond motifs is 2. The quantitative estimate of drug-likeness (QED) is 0.580. The van der Waals surface area contributed by atoms with Gasteiger partial charge >= 0.3 is 0 Å². The summed E-state index contributed by atoms with van der Waals surface area (Å²) >= 11 is 6.60. The molecule has 0 aromatic heterocycles. The zero-order chi connectivity index (χ0) is 12.9. The molecule has 0 radical (unpaired) electrons. The van der Waals surface area contributed by atoms with Gasteiger partial charge in [0.25, 0.3) is 0 Å². The maximum absolute atomic E-state index is 12.4. The van der Waals surface area contributed by atoms with Crippen molar-refractivity contribution in [1.29, 1.82) is 0 Å². The normalized spacial score (nSPS) is 15.4. The molecule has 18 heavy (non-hydrogen) atoms. The largest absolute Gasteiger partial charge is 0.455 e. The smallest absolute Gasteiger partial charge is 0.213 e. The number of benzene rings is 2. The fourth-order valence-corrected chi connectivity index (χ4v) is 3.95. The first-order valence-electron chi connectivity index (χ1n) is 5.00. The lowest BCUT2D eigenvalue weighted by Gasteiger charge is -2.20. The topological polar surface area (TPSA) is 43.4 Å². The van der Waals surface area contributed by atoms with Crippen molar-refractivity contribution in [2.24, 2.45) is 0 Å². The second-order valence-corrected chi connectivity index (χ2v) is 7.51. The van der Waals surface area contributed by atoms with Crippen molar-refractivity contribution in [2.75, 3.05) is 0 Å². The zero-order valence-corrected chi connectivity index (χ0v) is 12.8. The minimum absolute atomic E-state index is 0.195. The van der Waals surface area contributed by atoms with Gasteiger partial charge in [-0.2, -0.15) is 0 Å². The molecule has 2 aromatic rings. The first-order chi connectivity index (χ1) is 8.48. The molecule has 6 heteroatoms. The van der Waals surface area contributed by atoms with Crippen molar-refractivity contribution in [3.8, 4) is 11.5 Å². The summed E-state index contributed by atoms with van der Waals surface area (Å²) in [5.74, 6) is 0.685. The first-order valence-corrected chi connectivity index (χ1v) is 8.07. The Morgan fingerprint density at radius 3 is 1.72 bits per heavy atom. The highest BCUT2D eigenvalue weighted by Crippen LogP contribution is 2.44. The number of hydrogen-bond acceptors (Lipinski definition) is 3. The van der Waals surface area contributed by atoms with E-state index in [0.29, 0.717) is 11.5 Å². The van der Waals surface area contributed by atoms with Crippen LogP contribution in [-0.4, -0.2) is 8.42 Å². The van der Waals surface area contributed by atoms with Gasteiger partial charge in [0.15, 0.2) is 0 Å². The highest BCUT2D eigenvalue weighted by Gasteiger charge is 2.31. The lowest BCUT2D eigenvalue weighted by Crippen LogP contribution is -2.10. The van der Waals surface area contributed by atoms with Crippen LogP contribution in [0.4, 0.5) is 0 Å². The number of ether oxygens (including phenoxy) is 1. The molecular formula is C12H6Br2O3S. The van der Waals surface area contributed by atoms with Gasteiger partial charge in [-0.15, -0.1) is 0 Å². The van der Waals surface area contributed by atoms with Crippen LogP contribution in [0.25, 0.3) is 0 Å². The Hall–Kier alpha value is -0.850.